The highest BCUT2D eigenvalue weighted by Gasteiger charge is 2.55. The Hall–Kier alpha value is -2.15. The zero-order chi connectivity index (χ0) is 22.6. The quantitative estimate of drug-likeness (QED) is 0.295. The van der Waals surface area contributed by atoms with Crippen LogP contribution in [0.5, 0.6) is 0 Å². The van der Waals surface area contributed by atoms with Crippen LogP contribution in [0, 0.1) is 5.82 Å². The molecule has 166 valence electrons. The van der Waals surface area contributed by atoms with Crippen LogP contribution < -0.4 is 0 Å². The molecule has 0 bridgehead atoms. The molecule has 0 spiro atoms. The van der Waals surface area contributed by atoms with Gasteiger partial charge in [0.1, 0.15) is 5.82 Å². The molecule has 1 aliphatic carbocycles. The van der Waals surface area contributed by atoms with Gasteiger partial charge in [-0.3, -0.25) is 4.79 Å². The molecule has 1 amide bonds. The zero-order valence-corrected chi connectivity index (χ0v) is 17.5. The molecule has 1 fully saturated rings. The number of hydrogen-bond acceptors (Lipinski definition) is 1. The van der Waals surface area contributed by atoms with E-state index in [-0.39, 0.29) is 11.9 Å². The maximum atomic E-state index is 14.6. The van der Waals surface area contributed by atoms with E-state index in [1.807, 2.05) is 0 Å². The second kappa shape index (κ2) is 7.47. The molecule has 1 saturated heterocycles. The molecule has 2 nitrogen and oxygen atoms in total. The molecule has 0 N–H and O–H groups in total. The van der Waals surface area contributed by atoms with Gasteiger partial charge in [0.05, 0.1) is 0 Å². The Labute approximate surface area is 182 Å². The van der Waals surface area contributed by atoms with Crippen molar-refractivity contribution in [2.45, 2.75) is 55.9 Å². The summed E-state index contributed by atoms with van der Waals surface area (Å²) in [7, 11) is 0. The largest absolute Gasteiger partial charge is 0.426 e. The summed E-state index contributed by atoms with van der Waals surface area (Å²) in [4.78, 5) is 13.6. The molecule has 0 saturated carbocycles. The van der Waals surface area contributed by atoms with E-state index in [0.717, 1.165) is 11.1 Å². The molecule has 1 aliphatic heterocycles. The van der Waals surface area contributed by atoms with E-state index >= 15 is 0 Å². The van der Waals surface area contributed by atoms with Crippen molar-refractivity contribution in [2.24, 2.45) is 0 Å². The summed E-state index contributed by atoms with van der Waals surface area (Å²) in [6.45, 7) is 0.941. The first-order valence-corrected chi connectivity index (χ1v) is 10.4. The van der Waals surface area contributed by atoms with Gasteiger partial charge in [0.25, 0.3) is 0 Å². The number of carbonyl (C=O) groups is 1. The fraction of sp³-hybridized carbons (Fsp3) is 0.435. The maximum absolute atomic E-state index is 14.6. The fourth-order valence-corrected chi connectivity index (χ4v) is 5.40. The van der Waals surface area contributed by atoms with Crippen LogP contribution >= 0.6 is 11.6 Å². The number of halogens is 6. The monoisotopic (exact) mass is 457 g/mol. The van der Waals surface area contributed by atoms with Crippen molar-refractivity contribution in [3.05, 3.63) is 70.5 Å². The van der Waals surface area contributed by atoms with Crippen molar-refractivity contribution in [3.63, 3.8) is 0 Å². The fourth-order valence-electron chi connectivity index (χ4n) is 5.20. The minimum atomic E-state index is -5.03. The van der Waals surface area contributed by atoms with Crippen LogP contribution in [0.15, 0.2) is 42.5 Å². The molecule has 31 heavy (non-hydrogen) atoms. The Bertz CT molecular complexity index is 1000. The lowest BCUT2D eigenvalue weighted by atomic mass is 9.63. The van der Waals surface area contributed by atoms with Crippen LogP contribution in [0.4, 0.5) is 26.7 Å². The Kier molecular flexibility index (Phi) is 5.31. The molecule has 2 aromatic rings. The Morgan fingerprint density at radius 2 is 1.84 bits per heavy atom. The number of likely N-dealkylation sites (tertiary alicyclic amines) is 1. The topological polar surface area (TPSA) is 20.3 Å². The number of aryl methyl sites for hydroxylation is 1. The molecule has 1 heterocycles. The maximum Gasteiger partial charge on any atom is 0.426 e. The van der Waals surface area contributed by atoms with Crippen LogP contribution in [0.1, 0.15) is 42.0 Å². The van der Waals surface area contributed by atoms with E-state index in [2.05, 4.69) is 0 Å². The van der Waals surface area contributed by atoms with Crippen molar-refractivity contribution < 1.29 is 26.7 Å². The van der Waals surface area contributed by atoms with Crippen LogP contribution in [0.2, 0.25) is 0 Å². The second-order valence-electron chi connectivity index (χ2n) is 8.58. The number of alkyl halides is 4. The molecular weight excluding hydrogens is 437 g/mol. The number of nitrogens with zero attached hydrogens (tertiary/aromatic N) is 1. The van der Waals surface area contributed by atoms with E-state index in [1.165, 1.54) is 24.3 Å². The lowest BCUT2D eigenvalue weighted by molar-refractivity contribution is -0.228. The molecule has 1 unspecified atom stereocenters. The van der Waals surface area contributed by atoms with Crippen molar-refractivity contribution in [1.82, 2.24) is 4.90 Å². The molecular formula is C23H21ClF5NO. The molecule has 3 atom stereocenters. The van der Waals surface area contributed by atoms with Crippen LogP contribution in [0.25, 0.3) is 0 Å². The predicted molar refractivity (Wildman–Crippen MR) is 107 cm³/mol. The average molecular weight is 458 g/mol. The number of fused-ring (bicyclic) bond motifs is 3. The van der Waals surface area contributed by atoms with Crippen molar-refractivity contribution in [2.75, 3.05) is 6.54 Å². The number of hydrogen-bond donors (Lipinski definition) is 0. The Morgan fingerprint density at radius 1 is 1.16 bits per heavy atom. The summed E-state index contributed by atoms with van der Waals surface area (Å²) in [6, 6.07) is 9.85. The van der Waals surface area contributed by atoms with Gasteiger partial charge in [-0.25, -0.2) is 8.78 Å². The van der Waals surface area contributed by atoms with E-state index in [4.69, 9.17) is 11.6 Å². The van der Waals surface area contributed by atoms with Gasteiger partial charge in [0.15, 0.2) is 0 Å². The van der Waals surface area contributed by atoms with Gasteiger partial charge in [-0.05, 0) is 78.6 Å². The van der Waals surface area contributed by atoms with Gasteiger partial charge >= 0.3 is 11.5 Å². The first kappa shape index (κ1) is 22.1. The summed E-state index contributed by atoms with van der Waals surface area (Å²) in [5.74, 6) is -0.371. The second-order valence-corrected chi connectivity index (χ2v) is 8.91. The van der Waals surface area contributed by atoms with Gasteiger partial charge in [-0.15, -0.1) is 0 Å². The molecule has 8 heteroatoms. The zero-order valence-electron chi connectivity index (χ0n) is 16.8. The van der Waals surface area contributed by atoms with Crippen LogP contribution in [-0.2, 0) is 23.9 Å². The summed E-state index contributed by atoms with van der Waals surface area (Å²) in [5.41, 5.74) is -2.19. The normalized spacial score (nSPS) is 25.0. The highest BCUT2D eigenvalue weighted by molar-refractivity contribution is 6.62. The van der Waals surface area contributed by atoms with Gasteiger partial charge in [-0.1, -0.05) is 30.3 Å². The smallest absolute Gasteiger partial charge is 0.325 e. The Morgan fingerprint density at radius 3 is 2.45 bits per heavy atom. The first-order valence-electron chi connectivity index (χ1n) is 10.1. The summed E-state index contributed by atoms with van der Waals surface area (Å²) in [6.07, 6.45) is -3.08. The number of benzene rings is 2. The van der Waals surface area contributed by atoms with Crippen LogP contribution in [0.3, 0.4) is 0 Å². The minimum absolute atomic E-state index is 0.236. The molecule has 0 aromatic heterocycles. The van der Waals surface area contributed by atoms with Crippen molar-refractivity contribution in [1.29, 1.82) is 0 Å². The molecule has 0 radical (unpaired) electrons. The minimum Gasteiger partial charge on any atom is -0.325 e. The van der Waals surface area contributed by atoms with Gasteiger partial charge in [0.2, 0.25) is 5.67 Å². The highest BCUT2D eigenvalue weighted by Crippen LogP contribution is 2.51. The van der Waals surface area contributed by atoms with Gasteiger partial charge in [-0.2, -0.15) is 13.2 Å². The average Bonchev–Trinajstić information content (AvgIpc) is 3.08. The molecule has 2 aromatic carbocycles. The predicted octanol–water partition coefficient (Wildman–Crippen LogP) is 6.43. The lowest BCUT2D eigenvalue weighted by Gasteiger charge is -2.43. The van der Waals surface area contributed by atoms with E-state index in [9.17, 15) is 26.7 Å². The molecule has 4 rings (SSSR count). The summed E-state index contributed by atoms with van der Waals surface area (Å²) >= 11 is 5.81. The van der Waals surface area contributed by atoms with E-state index in [1.54, 1.807) is 23.1 Å². The van der Waals surface area contributed by atoms with Crippen molar-refractivity contribution in [3.8, 4) is 0 Å². The number of amides is 1. The van der Waals surface area contributed by atoms with Crippen molar-refractivity contribution >= 4 is 17.0 Å². The summed E-state index contributed by atoms with van der Waals surface area (Å²) < 4.78 is 67.7. The lowest BCUT2D eigenvalue weighted by Crippen LogP contribution is -2.48. The number of carbonyl (C=O) groups excluding carboxylic acids is 1. The first-order chi connectivity index (χ1) is 14.5. The third-order valence-corrected chi connectivity index (χ3v) is 7.09. The van der Waals surface area contributed by atoms with Crippen LogP contribution in [-0.4, -0.2) is 29.0 Å². The molecule has 2 aliphatic rings. The third-order valence-electron chi connectivity index (χ3n) is 6.87. The Balaban J connectivity index is 1.81. The number of rotatable bonds is 3. The van der Waals surface area contributed by atoms with E-state index < -0.39 is 28.2 Å². The standard InChI is InChI=1S/C23H21ClF5NO/c1-21(26,23(27,28)29)16-5-8-18-15(12-16)4-9-19-22(18,10-11-30(19)20(24)31)13-14-2-6-17(25)7-3-14/h2-3,5-8,12,19H,4,9-11,13H2,1H3/t19-,21?,22-/m1/s1. The highest BCUT2D eigenvalue weighted by atomic mass is 35.5. The van der Waals surface area contributed by atoms with Gasteiger partial charge < -0.3 is 4.90 Å². The SMILES string of the molecule is CC(F)(c1ccc2c(c1)CC[C@H]1N(C(=O)Cl)CC[C@@]21Cc1ccc(F)cc1)C(F)(F)F. The van der Waals surface area contributed by atoms with Gasteiger partial charge in [0, 0.05) is 18.0 Å². The van der Waals surface area contributed by atoms with E-state index in [0.29, 0.717) is 44.7 Å². The summed E-state index contributed by atoms with van der Waals surface area (Å²) in [5, 5.41) is -0.570. The third kappa shape index (κ3) is 3.60.